The molecule has 4 heteroatoms. The molecule has 1 saturated carbocycles. The highest BCUT2D eigenvalue weighted by atomic mass is 19.1. The number of benzene rings is 1. The Morgan fingerprint density at radius 3 is 2.75 bits per heavy atom. The van der Waals surface area contributed by atoms with Gasteiger partial charge in [-0.05, 0) is 18.1 Å². The molecular weight excluding hydrogens is 211 g/mol. The third-order valence-corrected chi connectivity index (χ3v) is 2.90. The number of methoxy groups -OCH3 is 2. The predicted octanol–water partition coefficient (Wildman–Crippen LogP) is 2.11. The zero-order valence-electron chi connectivity index (χ0n) is 9.20. The molecule has 0 bridgehead atoms. The van der Waals surface area contributed by atoms with Gasteiger partial charge in [-0.1, -0.05) is 6.07 Å². The van der Waals surface area contributed by atoms with Crippen LogP contribution >= 0.6 is 0 Å². The van der Waals surface area contributed by atoms with Crippen LogP contribution < -0.4 is 4.74 Å². The minimum atomic E-state index is -0.323. The molecule has 2 unspecified atom stereocenters. The topological polar surface area (TPSA) is 35.5 Å². The summed E-state index contributed by atoms with van der Waals surface area (Å²) >= 11 is 0. The molecule has 1 aliphatic rings. The fourth-order valence-electron chi connectivity index (χ4n) is 1.89. The van der Waals surface area contributed by atoms with Crippen molar-refractivity contribution in [3.63, 3.8) is 0 Å². The predicted molar refractivity (Wildman–Crippen MR) is 55.8 cm³/mol. The molecule has 0 N–H and O–H groups in total. The van der Waals surface area contributed by atoms with Gasteiger partial charge in [0.1, 0.15) is 11.6 Å². The standard InChI is InChI=1S/C12H13FO3/c1-15-7-3-4-8(11(13)5-7)9-6-10(9)12(14)16-2/h3-5,9-10H,6H2,1-2H3. The van der Waals surface area contributed by atoms with Gasteiger partial charge >= 0.3 is 5.97 Å². The SMILES string of the molecule is COC(=O)C1CC1c1ccc(OC)cc1F. The Hall–Kier alpha value is -1.58. The molecule has 3 nitrogen and oxygen atoms in total. The first-order valence-corrected chi connectivity index (χ1v) is 5.08. The molecule has 0 aliphatic heterocycles. The number of rotatable bonds is 3. The molecular formula is C12H13FO3. The van der Waals surface area contributed by atoms with Crippen molar-refractivity contribution in [3.05, 3.63) is 29.6 Å². The molecule has 1 aromatic rings. The maximum atomic E-state index is 13.6. The molecule has 2 atom stereocenters. The van der Waals surface area contributed by atoms with Crippen LogP contribution in [0.5, 0.6) is 5.75 Å². The molecule has 0 saturated heterocycles. The van der Waals surface area contributed by atoms with E-state index in [4.69, 9.17) is 4.74 Å². The summed E-state index contributed by atoms with van der Waals surface area (Å²) in [5, 5.41) is 0. The number of esters is 1. The lowest BCUT2D eigenvalue weighted by atomic mass is 10.1. The van der Waals surface area contributed by atoms with Gasteiger partial charge in [0, 0.05) is 12.0 Å². The van der Waals surface area contributed by atoms with Crippen LogP contribution in [-0.4, -0.2) is 20.2 Å². The van der Waals surface area contributed by atoms with E-state index in [-0.39, 0.29) is 23.6 Å². The van der Waals surface area contributed by atoms with Gasteiger partial charge in [-0.25, -0.2) is 4.39 Å². The van der Waals surface area contributed by atoms with Gasteiger partial charge in [0.25, 0.3) is 0 Å². The second-order valence-corrected chi connectivity index (χ2v) is 3.86. The van der Waals surface area contributed by atoms with Gasteiger partial charge in [-0.15, -0.1) is 0 Å². The Kier molecular flexibility index (Phi) is 2.81. The summed E-state index contributed by atoms with van der Waals surface area (Å²) in [5.41, 5.74) is 0.566. The van der Waals surface area contributed by atoms with Crippen molar-refractivity contribution in [3.8, 4) is 5.75 Å². The zero-order chi connectivity index (χ0) is 11.7. The Morgan fingerprint density at radius 2 is 2.19 bits per heavy atom. The van der Waals surface area contributed by atoms with Crippen LogP contribution in [0.3, 0.4) is 0 Å². The van der Waals surface area contributed by atoms with E-state index in [1.54, 1.807) is 12.1 Å². The second kappa shape index (κ2) is 4.12. The van der Waals surface area contributed by atoms with E-state index >= 15 is 0 Å². The van der Waals surface area contributed by atoms with Crippen LogP contribution in [0.1, 0.15) is 17.9 Å². The minimum Gasteiger partial charge on any atom is -0.497 e. The lowest BCUT2D eigenvalue weighted by Crippen LogP contribution is -2.04. The van der Waals surface area contributed by atoms with Gasteiger partial charge in [0.05, 0.1) is 20.1 Å². The summed E-state index contributed by atoms with van der Waals surface area (Å²) in [5.74, 6) is -0.334. The molecule has 0 heterocycles. The van der Waals surface area contributed by atoms with Gasteiger partial charge < -0.3 is 9.47 Å². The maximum Gasteiger partial charge on any atom is 0.309 e. The molecule has 0 spiro atoms. The molecule has 16 heavy (non-hydrogen) atoms. The number of hydrogen-bond acceptors (Lipinski definition) is 3. The average Bonchev–Trinajstić information content (AvgIpc) is 3.07. The summed E-state index contributed by atoms with van der Waals surface area (Å²) in [6.45, 7) is 0. The molecule has 86 valence electrons. The van der Waals surface area contributed by atoms with Crippen LogP contribution in [0, 0.1) is 11.7 Å². The van der Waals surface area contributed by atoms with Crippen molar-refractivity contribution in [1.29, 1.82) is 0 Å². The van der Waals surface area contributed by atoms with Gasteiger partial charge in [-0.3, -0.25) is 4.79 Å². The summed E-state index contributed by atoms with van der Waals surface area (Å²) in [7, 11) is 2.84. The molecule has 1 aromatic carbocycles. The number of carbonyl (C=O) groups excluding carboxylic acids is 1. The first kappa shape index (κ1) is 10.9. The lowest BCUT2D eigenvalue weighted by molar-refractivity contribution is -0.142. The molecule has 0 amide bonds. The van der Waals surface area contributed by atoms with E-state index in [9.17, 15) is 9.18 Å². The third-order valence-electron chi connectivity index (χ3n) is 2.90. The minimum absolute atomic E-state index is 0.0432. The van der Waals surface area contributed by atoms with Crippen molar-refractivity contribution in [2.45, 2.75) is 12.3 Å². The molecule has 1 fully saturated rings. The number of hydrogen-bond donors (Lipinski definition) is 0. The Balaban J connectivity index is 2.15. The highest BCUT2D eigenvalue weighted by Gasteiger charge is 2.46. The largest absolute Gasteiger partial charge is 0.497 e. The highest BCUT2D eigenvalue weighted by Crippen LogP contribution is 2.49. The number of halogens is 1. The van der Waals surface area contributed by atoms with E-state index in [1.165, 1.54) is 20.3 Å². The normalized spacial score (nSPS) is 22.7. The average molecular weight is 224 g/mol. The maximum absolute atomic E-state index is 13.6. The van der Waals surface area contributed by atoms with Crippen LogP contribution in [0.4, 0.5) is 4.39 Å². The van der Waals surface area contributed by atoms with E-state index in [2.05, 4.69) is 4.74 Å². The van der Waals surface area contributed by atoms with E-state index in [1.807, 2.05) is 0 Å². The number of ether oxygens (including phenoxy) is 2. The van der Waals surface area contributed by atoms with E-state index < -0.39 is 0 Å². The van der Waals surface area contributed by atoms with Crippen molar-refractivity contribution in [1.82, 2.24) is 0 Å². The van der Waals surface area contributed by atoms with Gasteiger partial charge in [0.2, 0.25) is 0 Å². The zero-order valence-corrected chi connectivity index (χ0v) is 9.20. The summed E-state index contributed by atoms with van der Waals surface area (Å²) in [4.78, 5) is 11.2. The monoisotopic (exact) mass is 224 g/mol. The molecule has 0 aromatic heterocycles. The third kappa shape index (κ3) is 1.87. The van der Waals surface area contributed by atoms with Crippen LogP contribution in [0.2, 0.25) is 0 Å². The molecule has 0 radical (unpaired) electrons. The summed E-state index contributed by atoms with van der Waals surface area (Å²) in [6.07, 6.45) is 0.663. The Labute approximate surface area is 93.2 Å². The fourth-order valence-corrected chi connectivity index (χ4v) is 1.89. The molecule has 2 rings (SSSR count). The first-order valence-electron chi connectivity index (χ1n) is 5.08. The molecule has 1 aliphatic carbocycles. The van der Waals surface area contributed by atoms with Crippen LogP contribution in [0.15, 0.2) is 18.2 Å². The van der Waals surface area contributed by atoms with Gasteiger partial charge in [0.15, 0.2) is 0 Å². The second-order valence-electron chi connectivity index (χ2n) is 3.86. The fraction of sp³-hybridized carbons (Fsp3) is 0.417. The van der Waals surface area contributed by atoms with Crippen molar-refractivity contribution in [2.75, 3.05) is 14.2 Å². The quantitative estimate of drug-likeness (QED) is 0.738. The van der Waals surface area contributed by atoms with Crippen LogP contribution in [-0.2, 0) is 9.53 Å². The van der Waals surface area contributed by atoms with Crippen LogP contribution in [0.25, 0.3) is 0 Å². The summed E-state index contributed by atoms with van der Waals surface area (Å²) in [6, 6.07) is 4.70. The first-order chi connectivity index (χ1) is 7.67. The van der Waals surface area contributed by atoms with E-state index in [0.717, 1.165) is 0 Å². The van der Waals surface area contributed by atoms with Gasteiger partial charge in [-0.2, -0.15) is 0 Å². The lowest BCUT2D eigenvalue weighted by Gasteiger charge is -2.04. The smallest absolute Gasteiger partial charge is 0.309 e. The van der Waals surface area contributed by atoms with Crippen molar-refractivity contribution >= 4 is 5.97 Å². The highest BCUT2D eigenvalue weighted by molar-refractivity contribution is 5.77. The van der Waals surface area contributed by atoms with Crippen molar-refractivity contribution < 1.29 is 18.7 Å². The summed E-state index contributed by atoms with van der Waals surface area (Å²) < 4.78 is 23.2. The number of carbonyl (C=O) groups is 1. The van der Waals surface area contributed by atoms with Crippen molar-refractivity contribution in [2.24, 2.45) is 5.92 Å². The Bertz CT molecular complexity index is 417. The Morgan fingerprint density at radius 1 is 1.44 bits per heavy atom. The van der Waals surface area contributed by atoms with E-state index in [0.29, 0.717) is 17.7 Å².